The number of hydrogen-bond acceptors (Lipinski definition) is 4. The van der Waals surface area contributed by atoms with Crippen LogP contribution in [0.5, 0.6) is 0 Å². The number of pyridine rings is 1. The summed E-state index contributed by atoms with van der Waals surface area (Å²) in [5.41, 5.74) is 1.12. The monoisotopic (exact) mass is 267 g/mol. The van der Waals surface area contributed by atoms with Gasteiger partial charge in [0.2, 0.25) is 0 Å². The molecule has 0 spiro atoms. The largest absolute Gasteiger partial charge is 0.304 e. The van der Waals surface area contributed by atoms with E-state index in [1.807, 2.05) is 24.5 Å². The lowest BCUT2D eigenvalue weighted by atomic mass is 10.0. The molecule has 0 fully saturated rings. The van der Waals surface area contributed by atoms with E-state index in [1.54, 1.807) is 0 Å². The molecule has 0 bridgehead atoms. The molecule has 5 heteroatoms. The van der Waals surface area contributed by atoms with Gasteiger partial charge in [-0.2, -0.15) is 5.10 Å². The van der Waals surface area contributed by atoms with Gasteiger partial charge in [0.05, 0.1) is 6.04 Å². The van der Waals surface area contributed by atoms with Crippen LogP contribution in [0, 0.1) is 0 Å². The zero-order valence-corrected chi connectivity index (χ0v) is 11.4. The molecule has 0 saturated carbocycles. The van der Waals surface area contributed by atoms with Crippen molar-refractivity contribution in [2.75, 3.05) is 6.54 Å². The van der Waals surface area contributed by atoms with Crippen LogP contribution >= 0.6 is 0 Å². The minimum absolute atomic E-state index is 0.0175. The highest BCUT2D eigenvalue weighted by atomic mass is 15.2. The van der Waals surface area contributed by atoms with Gasteiger partial charge in [-0.25, -0.2) is 4.98 Å². The number of rotatable bonds is 5. The molecule has 1 aromatic carbocycles. The topological polar surface area (TPSA) is 66.5 Å². The normalized spacial score (nSPS) is 12.7. The van der Waals surface area contributed by atoms with Gasteiger partial charge in [-0.3, -0.25) is 10.1 Å². The third kappa shape index (κ3) is 2.40. The summed E-state index contributed by atoms with van der Waals surface area (Å²) >= 11 is 0. The first-order valence-electron chi connectivity index (χ1n) is 6.81. The molecule has 0 aliphatic rings. The van der Waals surface area contributed by atoms with Gasteiger partial charge in [0.1, 0.15) is 12.2 Å². The Balaban J connectivity index is 2.09. The molecular weight excluding hydrogens is 250 g/mol. The van der Waals surface area contributed by atoms with Crippen molar-refractivity contribution in [3.05, 3.63) is 54.4 Å². The van der Waals surface area contributed by atoms with Crippen molar-refractivity contribution in [2.45, 2.75) is 19.4 Å². The Bertz CT molecular complexity index is 672. The summed E-state index contributed by atoms with van der Waals surface area (Å²) in [6, 6.07) is 8.24. The highest BCUT2D eigenvalue weighted by molar-refractivity contribution is 5.85. The van der Waals surface area contributed by atoms with Gasteiger partial charge in [-0.1, -0.05) is 31.2 Å². The van der Waals surface area contributed by atoms with E-state index in [2.05, 4.69) is 44.5 Å². The second-order valence-electron chi connectivity index (χ2n) is 4.71. The van der Waals surface area contributed by atoms with Gasteiger partial charge in [-0.15, -0.1) is 0 Å². The SMILES string of the molecule is CCCNC(c1ncn[nH]1)c1cncc2ccccc12. The maximum Gasteiger partial charge on any atom is 0.146 e. The third-order valence-electron chi connectivity index (χ3n) is 3.32. The molecule has 5 nitrogen and oxygen atoms in total. The molecule has 3 aromatic rings. The summed E-state index contributed by atoms with van der Waals surface area (Å²) in [6.45, 7) is 3.06. The first kappa shape index (κ1) is 12.7. The Kier molecular flexibility index (Phi) is 3.69. The Hall–Kier alpha value is -2.27. The lowest BCUT2D eigenvalue weighted by Gasteiger charge is -2.18. The summed E-state index contributed by atoms with van der Waals surface area (Å²) < 4.78 is 0. The second-order valence-corrected chi connectivity index (χ2v) is 4.71. The van der Waals surface area contributed by atoms with Crippen LogP contribution in [0.3, 0.4) is 0 Å². The molecular formula is C15H17N5. The molecule has 3 rings (SSSR count). The zero-order chi connectivity index (χ0) is 13.8. The molecule has 1 unspecified atom stereocenters. The van der Waals surface area contributed by atoms with Crippen LogP contribution in [-0.2, 0) is 0 Å². The molecule has 0 saturated heterocycles. The molecule has 2 aromatic heterocycles. The number of aromatic amines is 1. The number of hydrogen-bond donors (Lipinski definition) is 2. The number of nitrogens with zero attached hydrogens (tertiary/aromatic N) is 3. The van der Waals surface area contributed by atoms with Crippen molar-refractivity contribution in [2.24, 2.45) is 0 Å². The van der Waals surface area contributed by atoms with Gasteiger partial charge in [-0.05, 0) is 18.4 Å². The summed E-state index contributed by atoms with van der Waals surface area (Å²) in [5.74, 6) is 0.816. The van der Waals surface area contributed by atoms with E-state index < -0.39 is 0 Å². The lowest BCUT2D eigenvalue weighted by molar-refractivity contribution is 0.575. The van der Waals surface area contributed by atoms with Crippen LogP contribution in [0.2, 0.25) is 0 Å². The fraction of sp³-hybridized carbons (Fsp3) is 0.267. The minimum atomic E-state index is -0.0175. The maximum absolute atomic E-state index is 4.35. The molecule has 20 heavy (non-hydrogen) atoms. The van der Waals surface area contributed by atoms with Crippen LogP contribution in [0.15, 0.2) is 43.0 Å². The van der Waals surface area contributed by atoms with Crippen LogP contribution < -0.4 is 5.32 Å². The molecule has 0 radical (unpaired) electrons. The van der Waals surface area contributed by atoms with Crippen molar-refractivity contribution in [1.29, 1.82) is 0 Å². The summed E-state index contributed by atoms with van der Waals surface area (Å²) in [7, 11) is 0. The van der Waals surface area contributed by atoms with E-state index in [4.69, 9.17) is 0 Å². The van der Waals surface area contributed by atoms with E-state index in [-0.39, 0.29) is 6.04 Å². The highest BCUT2D eigenvalue weighted by Crippen LogP contribution is 2.26. The second kappa shape index (κ2) is 5.79. The van der Waals surface area contributed by atoms with Crippen LogP contribution in [-0.4, -0.2) is 26.7 Å². The maximum atomic E-state index is 4.35. The van der Waals surface area contributed by atoms with Crippen LogP contribution in [0.4, 0.5) is 0 Å². The van der Waals surface area contributed by atoms with E-state index in [0.717, 1.165) is 29.7 Å². The molecule has 2 heterocycles. The molecule has 0 amide bonds. The first-order chi connectivity index (χ1) is 9.90. The van der Waals surface area contributed by atoms with Gasteiger partial charge >= 0.3 is 0 Å². The first-order valence-corrected chi connectivity index (χ1v) is 6.81. The van der Waals surface area contributed by atoms with Crippen molar-refractivity contribution >= 4 is 10.8 Å². The highest BCUT2D eigenvalue weighted by Gasteiger charge is 2.18. The predicted molar refractivity (Wildman–Crippen MR) is 78.3 cm³/mol. The number of nitrogens with one attached hydrogen (secondary N) is 2. The van der Waals surface area contributed by atoms with Crippen LogP contribution in [0.25, 0.3) is 10.8 Å². The summed E-state index contributed by atoms with van der Waals surface area (Å²) in [4.78, 5) is 8.65. The molecule has 0 aliphatic heterocycles. The standard InChI is InChI=1S/C15H17N5/c1-2-7-17-14(15-18-10-19-20-15)13-9-16-8-11-5-3-4-6-12(11)13/h3-6,8-10,14,17H,2,7H2,1H3,(H,18,19,20). The van der Waals surface area contributed by atoms with Crippen molar-refractivity contribution in [3.63, 3.8) is 0 Å². The third-order valence-corrected chi connectivity index (χ3v) is 3.32. The fourth-order valence-corrected chi connectivity index (χ4v) is 2.37. The lowest BCUT2D eigenvalue weighted by Crippen LogP contribution is -2.24. The van der Waals surface area contributed by atoms with E-state index in [0.29, 0.717) is 0 Å². The van der Waals surface area contributed by atoms with E-state index in [9.17, 15) is 0 Å². The molecule has 1 atom stereocenters. The molecule has 0 aliphatic carbocycles. The fourth-order valence-electron chi connectivity index (χ4n) is 2.37. The Morgan fingerprint density at radius 3 is 2.95 bits per heavy atom. The number of benzene rings is 1. The van der Waals surface area contributed by atoms with Gasteiger partial charge < -0.3 is 5.32 Å². The van der Waals surface area contributed by atoms with Crippen molar-refractivity contribution < 1.29 is 0 Å². The Labute approximate surface area is 117 Å². The molecule has 2 N–H and O–H groups in total. The Morgan fingerprint density at radius 1 is 1.25 bits per heavy atom. The van der Waals surface area contributed by atoms with Crippen molar-refractivity contribution in [1.82, 2.24) is 25.5 Å². The van der Waals surface area contributed by atoms with Crippen molar-refractivity contribution in [3.8, 4) is 0 Å². The zero-order valence-electron chi connectivity index (χ0n) is 11.4. The van der Waals surface area contributed by atoms with Gasteiger partial charge in [0.15, 0.2) is 0 Å². The quantitative estimate of drug-likeness (QED) is 0.745. The summed E-state index contributed by atoms with van der Waals surface area (Å²) in [5, 5.41) is 12.7. The average molecular weight is 267 g/mol. The average Bonchev–Trinajstić information content (AvgIpc) is 3.02. The number of aromatic nitrogens is 4. The minimum Gasteiger partial charge on any atom is -0.304 e. The smallest absolute Gasteiger partial charge is 0.146 e. The number of fused-ring (bicyclic) bond motifs is 1. The molecule has 102 valence electrons. The van der Waals surface area contributed by atoms with Crippen LogP contribution in [0.1, 0.15) is 30.8 Å². The van der Waals surface area contributed by atoms with Gasteiger partial charge in [0, 0.05) is 23.3 Å². The predicted octanol–water partition coefficient (Wildman–Crippen LogP) is 2.44. The van der Waals surface area contributed by atoms with E-state index >= 15 is 0 Å². The number of H-pyrrole nitrogens is 1. The van der Waals surface area contributed by atoms with E-state index in [1.165, 1.54) is 11.7 Å². The summed E-state index contributed by atoms with van der Waals surface area (Å²) in [6.07, 6.45) is 6.38. The van der Waals surface area contributed by atoms with Gasteiger partial charge in [0.25, 0.3) is 0 Å². The Morgan fingerprint density at radius 2 is 2.15 bits per heavy atom.